The van der Waals surface area contributed by atoms with Gasteiger partial charge >= 0.3 is 6.18 Å². The van der Waals surface area contributed by atoms with Crippen LogP contribution in [0.25, 0.3) is 17.1 Å². The summed E-state index contributed by atoms with van der Waals surface area (Å²) in [4.78, 5) is 26.3. The number of hydrogen-bond donors (Lipinski definition) is 1. The van der Waals surface area contributed by atoms with Gasteiger partial charge in [-0.25, -0.2) is 14.4 Å². The lowest BCUT2D eigenvalue weighted by Gasteiger charge is -2.20. The molecule has 1 aromatic carbocycles. The Labute approximate surface area is 227 Å². The molecule has 0 spiro atoms. The van der Waals surface area contributed by atoms with Crippen LogP contribution in [0.5, 0.6) is 0 Å². The number of pyridine rings is 2. The van der Waals surface area contributed by atoms with Crippen molar-refractivity contribution in [3.8, 4) is 17.1 Å². The zero-order valence-electron chi connectivity index (χ0n) is 21.5. The Morgan fingerprint density at radius 3 is 2.44 bits per heavy atom. The average Bonchev–Trinajstić information content (AvgIpc) is 2.87. The van der Waals surface area contributed by atoms with Crippen molar-refractivity contribution in [2.75, 3.05) is 0 Å². The molecular weight excluding hydrogens is 536 g/mol. The van der Waals surface area contributed by atoms with Gasteiger partial charge in [0.2, 0.25) is 0 Å². The molecule has 0 aliphatic carbocycles. The molecule has 0 fully saturated rings. The molecule has 0 saturated heterocycles. The van der Waals surface area contributed by atoms with E-state index in [-0.39, 0.29) is 22.8 Å². The zero-order valence-corrected chi connectivity index (χ0v) is 22.3. The number of hydrogen-bond acceptors (Lipinski definition) is 5. The standard InChI is InChI=1S/C28H25ClF4N4O2/c1-14(9-18-5-6-21(30)20(11-18)28(31,32)33)19-10-16(3)37(27(39)25(19)29)24-12-23(35-13-15(24)2)22-7-8-34-26(36-22)17(4)38/h5-8,10-14,17,38H,9H2,1-4H3. The van der Waals surface area contributed by atoms with Gasteiger partial charge in [0.15, 0.2) is 5.82 Å². The molecule has 4 rings (SSSR count). The van der Waals surface area contributed by atoms with Gasteiger partial charge in [-0.15, -0.1) is 0 Å². The van der Waals surface area contributed by atoms with Crippen LogP contribution >= 0.6 is 11.6 Å². The molecule has 39 heavy (non-hydrogen) atoms. The Balaban J connectivity index is 1.73. The highest BCUT2D eigenvalue weighted by Gasteiger charge is 2.34. The van der Waals surface area contributed by atoms with E-state index in [0.29, 0.717) is 33.9 Å². The first kappa shape index (κ1) is 28.4. The summed E-state index contributed by atoms with van der Waals surface area (Å²) in [6.07, 6.45) is -2.47. The molecule has 3 heterocycles. The van der Waals surface area contributed by atoms with Gasteiger partial charge < -0.3 is 5.11 Å². The van der Waals surface area contributed by atoms with Crippen molar-refractivity contribution in [1.29, 1.82) is 0 Å². The monoisotopic (exact) mass is 560 g/mol. The first-order chi connectivity index (χ1) is 18.3. The Kier molecular flexibility index (Phi) is 7.90. The summed E-state index contributed by atoms with van der Waals surface area (Å²) in [5, 5.41) is 9.76. The van der Waals surface area contributed by atoms with Crippen LogP contribution < -0.4 is 5.56 Å². The number of halogens is 5. The molecule has 0 amide bonds. The van der Waals surface area contributed by atoms with Crippen molar-refractivity contribution < 1.29 is 22.7 Å². The second-order valence-corrected chi connectivity index (χ2v) is 9.82. The first-order valence-electron chi connectivity index (χ1n) is 12.0. The van der Waals surface area contributed by atoms with Gasteiger partial charge in [0.25, 0.3) is 5.56 Å². The molecular formula is C28H25ClF4N4O2. The minimum Gasteiger partial charge on any atom is -0.385 e. The summed E-state index contributed by atoms with van der Waals surface area (Å²) in [5.41, 5.74) is 1.58. The summed E-state index contributed by atoms with van der Waals surface area (Å²) in [6, 6.07) is 7.92. The third-order valence-corrected chi connectivity index (χ3v) is 6.78. The molecule has 3 aromatic heterocycles. The van der Waals surface area contributed by atoms with E-state index in [1.165, 1.54) is 16.8 Å². The van der Waals surface area contributed by atoms with Crippen LogP contribution in [0.3, 0.4) is 0 Å². The van der Waals surface area contributed by atoms with Crippen LogP contribution in [0.2, 0.25) is 5.02 Å². The SMILES string of the molecule is Cc1cnc(-c2ccnc(C(C)O)n2)cc1-n1c(C)cc(C(C)Cc2ccc(F)c(C(F)(F)F)c2)c(Cl)c1=O. The van der Waals surface area contributed by atoms with Crippen LogP contribution in [0, 0.1) is 19.7 Å². The van der Waals surface area contributed by atoms with Crippen LogP contribution in [0.15, 0.2) is 53.6 Å². The number of alkyl halides is 3. The molecule has 6 nitrogen and oxygen atoms in total. The predicted molar refractivity (Wildman–Crippen MR) is 139 cm³/mol. The van der Waals surface area contributed by atoms with E-state index in [0.717, 1.165) is 12.1 Å². The number of aromatic nitrogens is 4. The van der Waals surface area contributed by atoms with Crippen molar-refractivity contribution in [2.45, 2.75) is 52.3 Å². The van der Waals surface area contributed by atoms with Crippen molar-refractivity contribution in [2.24, 2.45) is 0 Å². The second-order valence-electron chi connectivity index (χ2n) is 9.44. The summed E-state index contributed by atoms with van der Waals surface area (Å²) >= 11 is 6.54. The quantitative estimate of drug-likeness (QED) is 0.272. The van der Waals surface area contributed by atoms with Crippen molar-refractivity contribution in [3.63, 3.8) is 0 Å². The molecule has 1 N–H and O–H groups in total. The molecule has 4 aromatic rings. The lowest BCUT2D eigenvalue weighted by molar-refractivity contribution is -0.140. The Bertz CT molecular complexity index is 1600. The van der Waals surface area contributed by atoms with Crippen LogP contribution in [-0.2, 0) is 12.6 Å². The summed E-state index contributed by atoms with van der Waals surface area (Å²) in [6.45, 7) is 6.80. The second kappa shape index (κ2) is 10.9. The normalized spacial score (nSPS) is 13.4. The lowest BCUT2D eigenvalue weighted by Crippen LogP contribution is -2.24. The van der Waals surface area contributed by atoms with Gasteiger partial charge in [-0.05, 0) is 80.1 Å². The van der Waals surface area contributed by atoms with E-state index in [1.54, 1.807) is 52.1 Å². The van der Waals surface area contributed by atoms with E-state index in [4.69, 9.17) is 11.6 Å². The number of aliphatic hydroxyl groups is 1. The van der Waals surface area contributed by atoms with Crippen LogP contribution in [0.1, 0.15) is 59.6 Å². The number of aliphatic hydroxyl groups excluding tert-OH is 1. The summed E-state index contributed by atoms with van der Waals surface area (Å²) in [7, 11) is 0. The van der Waals surface area contributed by atoms with Crippen molar-refractivity contribution >= 4 is 11.6 Å². The first-order valence-corrected chi connectivity index (χ1v) is 12.4. The largest absolute Gasteiger partial charge is 0.419 e. The molecule has 0 radical (unpaired) electrons. The Morgan fingerprint density at radius 2 is 1.77 bits per heavy atom. The van der Waals surface area contributed by atoms with E-state index in [9.17, 15) is 27.5 Å². The Morgan fingerprint density at radius 1 is 1.05 bits per heavy atom. The van der Waals surface area contributed by atoms with Crippen LogP contribution in [-0.4, -0.2) is 24.6 Å². The fraction of sp³-hybridized carbons (Fsp3) is 0.286. The van der Waals surface area contributed by atoms with Gasteiger partial charge in [-0.1, -0.05) is 24.6 Å². The molecule has 2 unspecified atom stereocenters. The van der Waals surface area contributed by atoms with Gasteiger partial charge in [0, 0.05) is 18.1 Å². The van der Waals surface area contributed by atoms with E-state index >= 15 is 0 Å². The highest BCUT2D eigenvalue weighted by Crippen LogP contribution is 2.34. The maximum atomic E-state index is 13.7. The maximum absolute atomic E-state index is 13.7. The number of aryl methyl sites for hydroxylation is 2. The third kappa shape index (κ3) is 5.86. The molecule has 0 bridgehead atoms. The maximum Gasteiger partial charge on any atom is 0.419 e. The van der Waals surface area contributed by atoms with Gasteiger partial charge in [0.05, 0.1) is 22.6 Å². The van der Waals surface area contributed by atoms with Crippen LogP contribution in [0.4, 0.5) is 17.6 Å². The Hall–Kier alpha value is -3.63. The molecule has 0 aliphatic heterocycles. The minimum atomic E-state index is -4.82. The minimum absolute atomic E-state index is 0.0672. The average molecular weight is 561 g/mol. The van der Waals surface area contributed by atoms with E-state index < -0.39 is 35.1 Å². The molecule has 0 saturated carbocycles. The van der Waals surface area contributed by atoms with Gasteiger partial charge in [-0.3, -0.25) is 14.3 Å². The van der Waals surface area contributed by atoms with E-state index in [2.05, 4.69) is 15.0 Å². The molecule has 11 heteroatoms. The van der Waals surface area contributed by atoms with Gasteiger partial charge in [-0.2, -0.15) is 13.2 Å². The highest BCUT2D eigenvalue weighted by molar-refractivity contribution is 6.31. The molecule has 204 valence electrons. The van der Waals surface area contributed by atoms with Crippen molar-refractivity contribution in [3.05, 3.63) is 104 Å². The van der Waals surface area contributed by atoms with E-state index in [1.807, 2.05) is 0 Å². The van der Waals surface area contributed by atoms with Gasteiger partial charge in [0.1, 0.15) is 16.9 Å². The number of benzene rings is 1. The zero-order chi connectivity index (χ0) is 28.6. The molecule has 2 atom stereocenters. The fourth-order valence-corrected chi connectivity index (χ4v) is 4.71. The van der Waals surface area contributed by atoms with Crippen molar-refractivity contribution in [1.82, 2.24) is 19.5 Å². The summed E-state index contributed by atoms with van der Waals surface area (Å²) < 4.78 is 54.6. The predicted octanol–water partition coefficient (Wildman–Crippen LogP) is 6.52. The molecule has 0 aliphatic rings. The number of nitrogens with zero attached hydrogens (tertiary/aromatic N) is 4. The topological polar surface area (TPSA) is 80.9 Å². The lowest BCUT2D eigenvalue weighted by atomic mass is 9.92. The highest BCUT2D eigenvalue weighted by atomic mass is 35.5. The summed E-state index contributed by atoms with van der Waals surface area (Å²) in [5.74, 6) is -1.54. The third-order valence-electron chi connectivity index (χ3n) is 6.40. The fourth-order valence-electron chi connectivity index (χ4n) is 4.38. The number of rotatable bonds is 6. The smallest absolute Gasteiger partial charge is 0.385 e.